The Morgan fingerprint density at radius 2 is 2.17 bits per heavy atom. The minimum Gasteiger partial charge on any atom is -0.360 e. The molecule has 0 radical (unpaired) electrons. The Bertz CT molecular complexity index is 584. The van der Waals surface area contributed by atoms with E-state index in [2.05, 4.69) is 44.5 Å². The SMILES string of the molecule is ClC1CN(C(NCCc2ccccc2)c2ccncn2)CCO1. The average molecular weight is 333 g/mol. The van der Waals surface area contributed by atoms with Gasteiger partial charge in [-0.15, -0.1) is 0 Å². The average Bonchev–Trinajstić information content (AvgIpc) is 2.60. The maximum absolute atomic E-state index is 6.15. The van der Waals surface area contributed by atoms with Crippen LogP contribution in [0.1, 0.15) is 17.4 Å². The van der Waals surface area contributed by atoms with Crippen molar-refractivity contribution in [1.82, 2.24) is 20.2 Å². The van der Waals surface area contributed by atoms with Crippen molar-refractivity contribution in [3.05, 3.63) is 60.2 Å². The van der Waals surface area contributed by atoms with Gasteiger partial charge in [0, 0.05) is 25.8 Å². The highest BCUT2D eigenvalue weighted by atomic mass is 35.5. The molecule has 6 heteroatoms. The highest BCUT2D eigenvalue weighted by Crippen LogP contribution is 2.20. The Labute approximate surface area is 141 Å². The van der Waals surface area contributed by atoms with E-state index in [0.717, 1.165) is 25.2 Å². The molecule has 0 bridgehead atoms. The van der Waals surface area contributed by atoms with Gasteiger partial charge in [0.25, 0.3) is 0 Å². The number of hydrogen-bond donors (Lipinski definition) is 1. The minimum absolute atomic E-state index is 0.0202. The maximum atomic E-state index is 6.15. The Hall–Kier alpha value is -1.53. The molecule has 1 aromatic carbocycles. The second-order valence-corrected chi connectivity index (χ2v) is 5.99. The molecular formula is C17H21ClN4O. The number of hydrogen-bond acceptors (Lipinski definition) is 5. The number of alkyl halides is 1. The molecule has 0 aliphatic carbocycles. The fourth-order valence-corrected chi connectivity index (χ4v) is 3.01. The van der Waals surface area contributed by atoms with Gasteiger partial charge in [-0.2, -0.15) is 0 Å². The van der Waals surface area contributed by atoms with Gasteiger partial charge in [0.2, 0.25) is 0 Å². The molecule has 1 saturated heterocycles. The van der Waals surface area contributed by atoms with Crippen molar-refractivity contribution in [1.29, 1.82) is 0 Å². The van der Waals surface area contributed by atoms with E-state index in [-0.39, 0.29) is 11.7 Å². The molecule has 2 aromatic rings. The lowest BCUT2D eigenvalue weighted by molar-refractivity contribution is -0.0129. The van der Waals surface area contributed by atoms with Crippen molar-refractivity contribution in [2.75, 3.05) is 26.2 Å². The van der Waals surface area contributed by atoms with Crippen LogP contribution in [-0.2, 0) is 11.2 Å². The van der Waals surface area contributed by atoms with Crippen molar-refractivity contribution in [3.63, 3.8) is 0 Å². The molecule has 1 aromatic heterocycles. The van der Waals surface area contributed by atoms with Crippen LogP contribution in [0, 0.1) is 0 Å². The van der Waals surface area contributed by atoms with Crippen molar-refractivity contribution in [2.45, 2.75) is 18.1 Å². The summed E-state index contributed by atoms with van der Waals surface area (Å²) < 4.78 is 5.43. The molecule has 23 heavy (non-hydrogen) atoms. The molecule has 3 rings (SSSR count). The monoisotopic (exact) mass is 332 g/mol. The molecule has 2 unspecified atom stereocenters. The quantitative estimate of drug-likeness (QED) is 0.822. The second-order valence-electron chi connectivity index (χ2n) is 5.50. The van der Waals surface area contributed by atoms with Gasteiger partial charge in [-0.25, -0.2) is 9.97 Å². The van der Waals surface area contributed by atoms with Gasteiger partial charge in [-0.3, -0.25) is 10.2 Å². The zero-order chi connectivity index (χ0) is 15.9. The Balaban J connectivity index is 1.65. The number of ether oxygens (including phenoxy) is 1. The minimum atomic E-state index is -0.274. The molecule has 2 heterocycles. The number of nitrogens with one attached hydrogen (secondary N) is 1. The summed E-state index contributed by atoms with van der Waals surface area (Å²) in [6.45, 7) is 3.00. The van der Waals surface area contributed by atoms with Gasteiger partial charge in [0.15, 0.2) is 0 Å². The van der Waals surface area contributed by atoms with E-state index < -0.39 is 0 Å². The van der Waals surface area contributed by atoms with Crippen LogP contribution in [0.2, 0.25) is 0 Å². The third kappa shape index (κ3) is 4.72. The van der Waals surface area contributed by atoms with Crippen LogP contribution in [0.3, 0.4) is 0 Å². The molecule has 1 aliphatic heterocycles. The van der Waals surface area contributed by atoms with Crippen LogP contribution < -0.4 is 5.32 Å². The van der Waals surface area contributed by atoms with Crippen molar-refractivity contribution in [3.8, 4) is 0 Å². The lowest BCUT2D eigenvalue weighted by Gasteiger charge is -2.36. The fourth-order valence-electron chi connectivity index (χ4n) is 2.74. The molecule has 0 spiro atoms. The first kappa shape index (κ1) is 16.3. The lowest BCUT2D eigenvalue weighted by Crippen LogP contribution is -2.47. The van der Waals surface area contributed by atoms with Crippen LogP contribution in [0.4, 0.5) is 0 Å². The van der Waals surface area contributed by atoms with Gasteiger partial charge in [0.1, 0.15) is 18.1 Å². The van der Waals surface area contributed by atoms with Crippen LogP contribution in [-0.4, -0.2) is 46.7 Å². The first-order valence-corrected chi connectivity index (χ1v) is 8.29. The van der Waals surface area contributed by atoms with Crippen molar-refractivity contribution >= 4 is 11.6 Å². The number of aromatic nitrogens is 2. The summed E-state index contributed by atoms with van der Waals surface area (Å²) in [5.74, 6) is 0. The summed E-state index contributed by atoms with van der Waals surface area (Å²) in [5.41, 5.74) is 2.00. The molecule has 5 nitrogen and oxygen atoms in total. The van der Waals surface area contributed by atoms with E-state index in [0.29, 0.717) is 13.2 Å². The van der Waals surface area contributed by atoms with Gasteiger partial charge in [0.05, 0.1) is 12.3 Å². The number of morpholine rings is 1. The van der Waals surface area contributed by atoms with Crippen LogP contribution in [0.25, 0.3) is 0 Å². The lowest BCUT2D eigenvalue weighted by atomic mass is 10.1. The van der Waals surface area contributed by atoms with E-state index in [1.165, 1.54) is 5.56 Å². The zero-order valence-electron chi connectivity index (χ0n) is 12.9. The Kier molecular flexibility index (Phi) is 5.93. The van der Waals surface area contributed by atoms with Crippen molar-refractivity contribution in [2.24, 2.45) is 0 Å². The summed E-state index contributed by atoms with van der Waals surface area (Å²) in [6, 6.07) is 12.4. The highest BCUT2D eigenvalue weighted by Gasteiger charge is 2.26. The molecule has 1 fully saturated rings. The predicted octanol–water partition coefficient (Wildman–Crippen LogP) is 2.20. The maximum Gasteiger partial charge on any atom is 0.143 e. The Morgan fingerprint density at radius 1 is 1.30 bits per heavy atom. The summed E-state index contributed by atoms with van der Waals surface area (Å²) in [4.78, 5) is 10.7. The zero-order valence-corrected chi connectivity index (χ0v) is 13.7. The molecule has 1 aliphatic rings. The summed E-state index contributed by atoms with van der Waals surface area (Å²) in [5, 5.41) is 3.60. The van der Waals surface area contributed by atoms with Crippen LogP contribution in [0.5, 0.6) is 0 Å². The first-order chi connectivity index (χ1) is 11.3. The first-order valence-electron chi connectivity index (χ1n) is 7.86. The summed E-state index contributed by atoms with van der Waals surface area (Å²) in [6.07, 6.45) is 4.34. The normalized spacial score (nSPS) is 20.3. The molecule has 1 N–H and O–H groups in total. The summed E-state index contributed by atoms with van der Waals surface area (Å²) in [7, 11) is 0. The molecule has 2 atom stereocenters. The van der Waals surface area contributed by atoms with Gasteiger partial charge < -0.3 is 4.74 Å². The van der Waals surface area contributed by atoms with E-state index in [1.54, 1.807) is 12.5 Å². The molecular weight excluding hydrogens is 312 g/mol. The summed E-state index contributed by atoms with van der Waals surface area (Å²) >= 11 is 6.15. The topological polar surface area (TPSA) is 50.3 Å². The Morgan fingerprint density at radius 3 is 2.91 bits per heavy atom. The standard InChI is InChI=1S/C17H21ClN4O/c18-16-12-22(10-11-23-16)17(15-7-8-19-13-21-15)20-9-6-14-4-2-1-3-5-14/h1-5,7-8,13,16-17,20H,6,9-12H2. The number of benzene rings is 1. The number of nitrogens with zero attached hydrogens (tertiary/aromatic N) is 3. The van der Waals surface area contributed by atoms with Crippen LogP contribution >= 0.6 is 11.6 Å². The number of halogens is 1. The molecule has 0 amide bonds. The molecule has 0 saturated carbocycles. The predicted molar refractivity (Wildman–Crippen MR) is 90.1 cm³/mol. The van der Waals surface area contributed by atoms with Crippen LogP contribution in [0.15, 0.2) is 48.9 Å². The smallest absolute Gasteiger partial charge is 0.143 e. The highest BCUT2D eigenvalue weighted by molar-refractivity contribution is 6.19. The van der Waals surface area contributed by atoms with E-state index >= 15 is 0 Å². The number of rotatable bonds is 6. The third-order valence-corrected chi connectivity index (χ3v) is 4.16. The van der Waals surface area contributed by atoms with E-state index in [1.807, 2.05) is 12.1 Å². The third-order valence-electron chi connectivity index (χ3n) is 3.90. The van der Waals surface area contributed by atoms with Gasteiger partial charge >= 0.3 is 0 Å². The largest absolute Gasteiger partial charge is 0.360 e. The van der Waals surface area contributed by atoms with Gasteiger partial charge in [-0.05, 0) is 18.1 Å². The van der Waals surface area contributed by atoms with Crippen molar-refractivity contribution < 1.29 is 4.74 Å². The van der Waals surface area contributed by atoms with Gasteiger partial charge in [-0.1, -0.05) is 41.9 Å². The van der Waals surface area contributed by atoms with E-state index in [4.69, 9.17) is 16.3 Å². The van der Waals surface area contributed by atoms with E-state index in [9.17, 15) is 0 Å². The fraction of sp³-hybridized carbons (Fsp3) is 0.412. The second kappa shape index (κ2) is 8.36. The molecule has 122 valence electrons.